The topological polar surface area (TPSA) is 69.1 Å². The van der Waals surface area contributed by atoms with E-state index in [2.05, 4.69) is 6.07 Å². The van der Waals surface area contributed by atoms with Crippen molar-refractivity contribution < 1.29 is 0 Å². The van der Waals surface area contributed by atoms with Gasteiger partial charge in [-0.1, -0.05) is 72.8 Å². The fraction of sp³-hybridized carbons (Fsp3) is 0.111. The van der Waals surface area contributed by atoms with Crippen molar-refractivity contribution in [2.75, 3.05) is 7.05 Å². The predicted octanol–water partition coefficient (Wildman–Crippen LogP) is 6.10. The molecule has 0 spiro atoms. The third kappa shape index (κ3) is 3.26. The Hall–Kier alpha value is -3.97. The summed E-state index contributed by atoms with van der Waals surface area (Å²) < 4.78 is 1.95. The van der Waals surface area contributed by atoms with Crippen molar-refractivity contribution >= 4 is 63.3 Å². The Balaban J connectivity index is 1.63. The van der Waals surface area contributed by atoms with Gasteiger partial charge in [-0.3, -0.25) is 5.41 Å². The first-order valence-electron chi connectivity index (χ1n) is 11.5. The summed E-state index contributed by atoms with van der Waals surface area (Å²) in [6.07, 6.45) is -0.413. The van der Waals surface area contributed by atoms with E-state index >= 15 is 0 Å². The van der Waals surface area contributed by atoms with Crippen LogP contribution in [0.2, 0.25) is 6.82 Å². The van der Waals surface area contributed by atoms with E-state index in [0.29, 0.717) is 23.3 Å². The molecule has 0 amide bonds. The highest BCUT2D eigenvalue weighted by Crippen LogP contribution is 2.40. The molecule has 1 aromatic heterocycles. The standard InChI is InChI=1S/C27H22BClN6/c1-16-17-10-4-6-12-19(17)24(31-16)32-26-21-14-8-9-15-22(21)27(35(26)28(2)29)33-25-20-13-7-5-11-18(20)23(30)34(25)3/h4-15,30H,1-3H3/b30-23?,32-24-,33-25-. The Bertz CT molecular complexity index is 1630. The smallest absolute Gasteiger partial charge is 0.339 e. The maximum atomic E-state index is 8.55. The summed E-state index contributed by atoms with van der Waals surface area (Å²) in [6, 6.07) is 24.1. The SMILES string of the molecule is CB(Cl)n1c(/N=C2\N=C(C)c3ccccc32)c2ccccc2c1/N=C1/c2ccccc2C(=N)N1C. The number of nitrogens with zero attached hydrogens (tertiary/aromatic N) is 5. The second-order valence-corrected chi connectivity index (χ2v) is 9.34. The van der Waals surface area contributed by atoms with E-state index in [4.69, 9.17) is 31.8 Å². The molecular formula is C27H22BClN6. The molecule has 0 saturated heterocycles. The van der Waals surface area contributed by atoms with Gasteiger partial charge in [-0.25, -0.2) is 15.0 Å². The van der Waals surface area contributed by atoms with Gasteiger partial charge in [0.1, 0.15) is 23.3 Å². The molecule has 2 aliphatic rings. The molecule has 2 aliphatic heterocycles. The molecule has 1 N–H and O–H groups in total. The number of amidine groups is 3. The van der Waals surface area contributed by atoms with Crippen LogP contribution in [-0.2, 0) is 0 Å². The third-order valence-electron chi connectivity index (χ3n) is 6.55. The molecule has 6 nitrogen and oxygen atoms in total. The summed E-state index contributed by atoms with van der Waals surface area (Å²) in [5.74, 6) is 3.24. The van der Waals surface area contributed by atoms with Crippen molar-refractivity contribution in [2.24, 2.45) is 15.0 Å². The summed E-state index contributed by atoms with van der Waals surface area (Å²) in [5.41, 5.74) is 4.84. The highest BCUT2D eigenvalue weighted by atomic mass is 35.5. The lowest BCUT2D eigenvalue weighted by molar-refractivity contribution is 0.764. The monoisotopic (exact) mass is 476 g/mol. The number of halogens is 1. The first-order valence-corrected chi connectivity index (χ1v) is 11.9. The van der Waals surface area contributed by atoms with Crippen LogP contribution in [0.3, 0.4) is 0 Å². The average Bonchev–Trinajstić information content (AvgIpc) is 3.44. The van der Waals surface area contributed by atoms with Crippen LogP contribution in [0.4, 0.5) is 11.6 Å². The molecule has 0 radical (unpaired) electrons. The molecule has 8 heteroatoms. The molecule has 35 heavy (non-hydrogen) atoms. The van der Waals surface area contributed by atoms with Crippen LogP contribution < -0.4 is 0 Å². The predicted molar refractivity (Wildman–Crippen MR) is 147 cm³/mol. The first-order chi connectivity index (χ1) is 17.0. The van der Waals surface area contributed by atoms with Gasteiger partial charge in [0.05, 0.1) is 0 Å². The van der Waals surface area contributed by atoms with Crippen LogP contribution in [0.5, 0.6) is 0 Å². The fourth-order valence-electron chi connectivity index (χ4n) is 4.84. The molecule has 4 aromatic rings. The number of aromatic nitrogens is 1. The molecule has 0 unspecified atom stereocenters. The number of nitrogens with one attached hydrogen (secondary N) is 1. The lowest BCUT2D eigenvalue weighted by Crippen LogP contribution is -2.25. The Morgan fingerprint density at radius 1 is 0.800 bits per heavy atom. The Morgan fingerprint density at radius 2 is 1.34 bits per heavy atom. The van der Waals surface area contributed by atoms with Gasteiger partial charge in [0, 0.05) is 45.8 Å². The summed E-state index contributed by atoms with van der Waals surface area (Å²) in [5, 5.41) is 10.5. The van der Waals surface area contributed by atoms with Gasteiger partial charge in [-0.15, -0.1) is 0 Å². The molecule has 0 bridgehead atoms. The number of aliphatic imine (C=N–C) groups is 3. The maximum absolute atomic E-state index is 8.55. The van der Waals surface area contributed by atoms with Crippen molar-refractivity contribution in [1.82, 2.24) is 9.38 Å². The van der Waals surface area contributed by atoms with Crippen molar-refractivity contribution in [1.29, 1.82) is 5.41 Å². The highest BCUT2D eigenvalue weighted by molar-refractivity contribution is 7.05. The number of rotatable bonds is 3. The van der Waals surface area contributed by atoms with Gasteiger partial charge in [-0.2, -0.15) is 11.5 Å². The van der Waals surface area contributed by atoms with Gasteiger partial charge in [0.2, 0.25) is 0 Å². The molecule has 3 aromatic carbocycles. The van der Waals surface area contributed by atoms with E-state index < -0.39 is 6.26 Å². The van der Waals surface area contributed by atoms with E-state index in [-0.39, 0.29) is 0 Å². The van der Waals surface area contributed by atoms with Gasteiger partial charge >= 0.3 is 6.26 Å². The Morgan fingerprint density at radius 3 is 2.00 bits per heavy atom. The van der Waals surface area contributed by atoms with E-state index in [9.17, 15) is 0 Å². The Labute approximate surface area is 208 Å². The van der Waals surface area contributed by atoms with Gasteiger partial charge in [0.25, 0.3) is 0 Å². The molecule has 170 valence electrons. The van der Waals surface area contributed by atoms with E-state index in [1.165, 1.54) is 0 Å². The second-order valence-electron chi connectivity index (χ2n) is 8.70. The normalized spacial score (nSPS) is 16.9. The zero-order valence-electron chi connectivity index (χ0n) is 19.6. The van der Waals surface area contributed by atoms with Crippen LogP contribution in [0.25, 0.3) is 10.8 Å². The van der Waals surface area contributed by atoms with Gasteiger partial charge in [0.15, 0.2) is 5.84 Å². The Kier molecular flexibility index (Phi) is 4.97. The van der Waals surface area contributed by atoms with Crippen molar-refractivity contribution in [3.8, 4) is 0 Å². The number of hydrogen-bond acceptors (Lipinski definition) is 3. The van der Waals surface area contributed by atoms with Crippen LogP contribution in [0, 0.1) is 5.41 Å². The van der Waals surface area contributed by atoms with Gasteiger partial charge < -0.3 is 9.38 Å². The number of hydrogen-bond donors (Lipinski definition) is 1. The van der Waals surface area contributed by atoms with E-state index in [0.717, 1.165) is 44.6 Å². The minimum atomic E-state index is -0.413. The van der Waals surface area contributed by atoms with E-state index in [1.54, 1.807) is 0 Å². The van der Waals surface area contributed by atoms with Crippen LogP contribution in [0.15, 0.2) is 87.8 Å². The second kappa shape index (κ2) is 8.06. The average molecular weight is 477 g/mol. The molecular weight excluding hydrogens is 455 g/mol. The van der Waals surface area contributed by atoms with E-state index in [1.807, 2.05) is 96.9 Å². The lowest BCUT2D eigenvalue weighted by Gasteiger charge is -2.14. The summed E-state index contributed by atoms with van der Waals surface area (Å²) in [7, 11) is 1.87. The largest absolute Gasteiger partial charge is 0.364 e. The summed E-state index contributed by atoms with van der Waals surface area (Å²) in [6.45, 7) is 3.92. The van der Waals surface area contributed by atoms with Gasteiger partial charge in [-0.05, 0) is 13.7 Å². The summed E-state index contributed by atoms with van der Waals surface area (Å²) >= 11 is 6.78. The lowest BCUT2D eigenvalue weighted by atomic mass is 9.97. The molecule has 0 atom stereocenters. The maximum Gasteiger partial charge on any atom is 0.364 e. The van der Waals surface area contributed by atoms with Crippen molar-refractivity contribution in [3.05, 3.63) is 95.1 Å². The molecule has 0 aliphatic carbocycles. The minimum Gasteiger partial charge on any atom is -0.339 e. The molecule has 0 saturated carbocycles. The number of fused-ring (bicyclic) bond motifs is 3. The zero-order valence-corrected chi connectivity index (χ0v) is 20.4. The third-order valence-corrected chi connectivity index (χ3v) is 6.75. The van der Waals surface area contributed by atoms with Crippen LogP contribution in [0.1, 0.15) is 29.2 Å². The quantitative estimate of drug-likeness (QED) is 0.357. The van der Waals surface area contributed by atoms with Crippen LogP contribution in [-0.4, -0.2) is 45.9 Å². The zero-order chi connectivity index (χ0) is 24.3. The van der Waals surface area contributed by atoms with Crippen molar-refractivity contribution in [2.45, 2.75) is 13.7 Å². The first kappa shape index (κ1) is 21.6. The molecule has 0 fully saturated rings. The summed E-state index contributed by atoms with van der Waals surface area (Å²) in [4.78, 5) is 16.7. The highest BCUT2D eigenvalue weighted by Gasteiger charge is 2.30. The fourth-order valence-corrected chi connectivity index (χ4v) is 5.03. The molecule has 3 heterocycles. The molecule has 6 rings (SSSR count). The minimum absolute atomic E-state index is 0.413. The number of benzene rings is 3. The van der Waals surface area contributed by atoms with Crippen molar-refractivity contribution in [3.63, 3.8) is 0 Å². The van der Waals surface area contributed by atoms with Crippen LogP contribution >= 0.6 is 11.5 Å².